The van der Waals surface area contributed by atoms with Crippen molar-refractivity contribution >= 4 is 45.9 Å². The molecule has 1 N–H and O–H groups in total. The molecule has 2 heterocycles. The number of fused-ring (bicyclic) bond motifs is 3. The molecular formula is C28H23ClFN3O3. The van der Waals surface area contributed by atoms with Crippen LogP contribution < -0.4 is 10.2 Å². The number of nitrogens with one attached hydrogen (secondary N) is 1. The molecule has 0 bridgehead atoms. The van der Waals surface area contributed by atoms with Crippen LogP contribution in [0.1, 0.15) is 46.2 Å². The number of amides is 2. The highest BCUT2D eigenvalue weighted by Crippen LogP contribution is 2.32. The molecule has 1 aromatic heterocycles. The number of nitrogens with zero attached hydrogens (tertiary/aromatic N) is 2. The smallest absolute Gasteiger partial charge is 0.276 e. The number of hydrogen-bond donors (Lipinski definition) is 1. The van der Waals surface area contributed by atoms with Crippen molar-refractivity contribution in [2.45, 2.75) is 32.4 Å². The van der Waals surface area contributed by atoms with Crippen molar-refractivity contribution in [3.63, 3.8) is 0 Å². The second kappa shape index (κ2) is 9.24. The summed E-state index contributed by atoms with van der Waals surface area (Å²) in [4.78, 5) is 42.2. The van der Waals surface area contributed by atoms with Crippen molar-refractivity contribution in [2.75, 3.05) is 4.90 Å². The molecule has 1 unspecified atom stereocenters. The van der Waals surface area contributed by atoms with Crippen LogP contribution in [0.4, 0.5) is 10.1 Å². The van der Waals surface area contributed by atoms with Gasteiger partial charge in [-0.25, -0.2) is 4.39 Å². The van der Waals surface area contributed by atoms with E-state index in [9.17, 15) is 18.8 Å². The predicted octanol–water partition coefficient (Wildman–Crippen LogP) is 5.54. The first kappa shape index (κ1) is 23.8. The first-order valence-electron chi connectivity index (χ1n) is 11.6. The molecule has 0 saturated heterocycles. The molecule has 1 aliphatic heterocycles. The second-order valence-electron chi connectivity index (χ2n) is 9.07. The Labute approximate surface area is 212 Å². The van der Waals surface area contributed by atoms with Crippen LogP contribution >= 0.6 is 11.6 Å². The van der Waals surface area contributed by atoms with Gasteiger partial charge < -0.3 is 5.32 Å². The number of halogens is 2. The van der Waals surface area contributed by atoms with Crippen molar-refractivity contribution in [3.8, 4) is 0 Å². The van der Waals surface area contributed by atoms with E-state index >= 15 is 0 Å². The van der Waals surface area contributed by atoms with Gasteiger partial charge >= 0.3 is 0 Å². The molecule has 3 aromatic carbocycles. The monoisotopic (exact) mass is 503 g/mol. The quantitative estimate of drug-likeness (QED) is 0.363. The summed E-state index contributed by atoms with van der Waals surface area (Å²) < 4.78 is 14.6. The van der Waals surface area contributed by atoms with Gasteiger partial charge in [0.2, 0.25) is 0 Å². The molecule has 0 saturated carbocycles. The fourth-order valence-electron chi connectivity index (χ4n) is 4.46. The number of carbonyl (C=O) groups excluding carboxylic acids is 3. The molecule has 8 heteroatoms. The van der Waals surface area contributed by atoms with E-state index in [0.717, 1.165) is 5.56 Å². The number of aromatic nitrogens is 1. The van der Waals surface area contributed by atoms with Gasteiger partial charge in [-0.3, -0.25) is 23.9 Å². The standard InChI is InChI=1S/C28H23ClFN3O3/c1-16(2)18-5-10-22(11-6-18)32-25(26(34)31-15-17-3-8-21(30)9-4-17)28(36)33-23-12-7-20(29)13-19(23)14-24(33)27(32)35/h3-14,16,25H,15H2,1-2H3,(H,31,34). The number of carbonyl (C=O) groups is 3. The van der Waals surface area contributed by atoms with Gasteiger partial charge in [-0.15, -0.1) is 0 Å². The maximum absolute atomic E-state index is 13.8. The van der Waals surface area contributed by atoms with Crippen LogP contribution in [0.25, 0.3) is 10.9 Å². The lowest BCUT2D eigenvalue weighted by Gasteiger charge is -2.34. The highest BCUT2D eigenvalue weighted by Gasteiger charge is 2.45. The van der Waals surface area contributed by atoms with Gasteiger partial charge in [0.1, 0.15) is 11.5 Å². The molecule has 5 rings (SSSR count). The highest BCUT2D eigenvalue weighted by molar-refractivity contribution is 6.31. The zero-order chi connectivity index (χ0) is 25.6. The molecule has 0 radical (unpaired) electrons. The largest absolute Gasteiger partial charge is 0.350 e. The van der Waals surface area contributed by atoms with Gasteiger partial charge in [0, 0.05) is 22.6 Å². The van der Waals surface area contributed by atoms with E-state index in [1.165, 1.54) is 21.6 Å². The van der Waals surface area contributed by atoms with E-state index in [2.05, 4.69) is 19.2 Å². The lowest BCUT2D eigenvalue weighted by molar-refractivity contribution is -0.121. The van der Waals surface area contributed by atoms with Crippen LogP contribution in [0.3, 0.4) is 0 Å². The van der Waals surface area contributed by atoms with E-state index in [1.807, 2.05) is 12.1 Å². The minimum Gasteiger partial charge on any atom is -0.350 e. The molecule has 0 fully saturated rings. The lowest BCUT2D eigenvalue weighted by Crippen LogP contribution is -2.59. The third kappa shape index (κ3) is 4.16. The molecule has 4 aromatic rings. The zero-order valence-electron chi connectivity index (χ0n) is 19.7. The van der Waals surface area contributed by atoms with Crippen molar-refractivity contribution in [1.82, 2.24) is 9.88 Å². The maximum Gasteiger partial charge on any atom is 0.276 e. The normalized spacial score (nSPS) is 15.5. The number of rotatable bonds is 5. The van der Waals surface area contributed by atoms with Crippen molar-refractivity contribution in [1.29, 1.82) is 0 Å². The van der Waals surface area contributed by atoms with E-state index in [4.69, 9.17) is 11.6 Å². The van der Waals surface area contributed by atoms with Crippen LogP contribution in [0, 0.1) is 5.82 Å². The Bertz CT molecular complexity index is 1490. The lowest BCUT2D eigenvalue weighted by atomic mass is 10.0. The summed E-state index contributed by atoms with van der Waals surface area (Å²) in [6.45, 7) is 4.19. The first-order valence-corrected chi connectivity index (χ1v) is 11.9. The first-order chi connectivity index (χ1) is 17.2. The van der Waals surface area contributed by atoms with Crippen LogP contribution in [0.2, 0.25) is 5.02 Å². The van der Waals surface area contributed by atoms with Crippen molar-refractivity contribution in [3.05, 3.63) is 100 Å². The second-order valence-corrected chi connectivity index (χ2v) is 9.51. The summed E-state index contributed by atoms with van der Waals surface area (Å²) >= 11 is 6.13. The maximum atomic E-state index is 13.8. The average Bonchev–Trinajstić information content (AvgIpc) is 3.25. The van der Waals surface area contributed by atoms with Crippen LogP contribution in [-0.2, 0) is 11.3 Å². The van der Waals surface area contributed by atoms with Crippen molar-refractivity contribution < 1.29 is 18.8 Å². The SMILES string of the molecule is CC(C)c1ccc(N2C(=O)c3cc4cc(Cl)ccc4n3C(=O)C2C(=O)NCc2ccc(F)cc2)cc1. The summed E-state index contributed by atoms with van der Waals surface area (Å²) in [6.07, 6.45) is 0. The van der Waals surface area contributed by atoms with E-state index in [-0.39, 0.29) is 24.0 Å². The zero-order valence-corrected chi connectivity index (χ0v) is 20.4. The molecule has 182 valence electrons. The third-order valence-corrected chi connectivity index (χ3v) is 6.62. The molecule has 0 spiro atoms. The number of benzene rings is 3. The minimum atomic E-state index is -1.43. The van der Waals surface area contributed by atoms with E-state index in [1.54, 1.807) is 48.5 Å². The highest BCUT2D eigenvalue weighted by atomic mass is 35.5. The molecule has 6 nitrogen and oxygen atoms in total. The Hall–Kier alpha value is -3.97. The fraction of sp³-hybridized carbons (Fsp3) is 0.179. The number of anilines is 1. The van der Waals surface area contributed by atoms with Gasteiger partial charge in [0.15, 0.2) is 6.04 Å². The van der Waals surface area contributed by atoms with Crippen LogP contribution in [0.5, 0.6) is 0 Å². The molecular weight excluding hydrogens is 481 g/mol. The van der Waals surface area contributed by atoms with Crippen molar-refractivity contribution in [2.24, 2.45) is 0 Å². The van der Waals surface area contributed by atoms with E-state index in [0.29, 0.717) is 27.2 Å². The summed E-state index contributed by atoms with van der Waals surface area (Å²) in [5, 5.41) is 3.84. The summed E-state index contributed by atoms with van der Waals surface area (Å²) in [5.74, 6) is -1.76. The Morgan fingerprint density at radius 3 is 2.36 bits per heavy atom. The Morgan fingerprint density at radius 1 is 1.00 bits per heavy atom. The Morgan fingerprint density at radius 2 is 1.69 bits per heavy atom. The third-order valence-electron chi connectivity index (χ3n) is 6.38. The Balaban J connectivity index is 1.57. The Kier molecular flexibility index (Phi) is 6.10. The fourth-order valence-corrected chi connectivity index (χ4v) is 4.64. The minimum absolute atomic E-state index is 0.0755. The molecule has 1 aliphatic rings. The van der Waals surface area contributed by atoms with Gasteiger partial charge in [-0.05, 0) is 65.6 Å². The van der Waals surface area contributed by atoms with Gasteiger partial charge in [-0.2, -0.15) is 0 Å². The van der Waals surface area contributed by atoms with Gasteiger partial charge in [-0.1, -0.05) is 49.7 Å². The summed E-state index contributed by atoms with van der Waals surface area (Å²) in [5.41, 5.74) is 2.82. The topological polar surface area (TPSA) is 71.4 Å². The van der Waals surface area contributed by atoms with Gasteiger partial charge in [0.25, 0.3) is 17.7 Å². The molecule has 36 heavy (non-hydrogen) atoms. The molecule has 1 atom stereocenters. The van der Waals surface area contributed by atoms with Crippen LogP contribution in [-0.4, -0.2) is 28.3 Å². The van der Waals surface area contributed by atoms with Crippen LogP contribution in [0.15, 0.2) is 72.8 Å². The van der Waals surface area contributed by atoms with Gasteiger partial charge in [0.05, 0.1) is 5.52 Å². The average molecular weight is 504 g/mol. The summed E-state index contributed by atoms with van der Waals surface area (Å²) in [6, 6.07) is 18.1. The predicted molar refractivity (Wildman–Crippen MR) is 137 cm³/mol. The summed E-state index contributed by atoms with van der Waals surface area (Å²) in [7, 11) is 0. The molecule has 0 aliphatic carbocycles. The number of hydrogen-bond acceptors (Lipinski definition) is 3. The molecule has 2 amide bonds. The van der Waals surface area contributed by atoms with E-state index < -0.39 is 23.8 Å².